The number of nitrogens with zero attached hydrogens (tertiary/aromatic N) is 2. The van der Waals surface area contributed by atoms with Crippen LogP contribution < -0.4 is 15.0 Å². The fraction of sp³-hybridized carbons (Fsp3) is 0.167. The number of non-ortho nitro benzene ring substituents is 1. The van der Waals surface area contributed by atoms with Crippen molar-refractivity contribution in [1.29, 1.82) is 0 Å². The van der Waals surface area contributed by atoms with Gasteiger partial charge in [0.05, 0.1) is 17.4 Å². The van der Waals surface area contributed by atoms with E-state index in [1.165, 1.54) is 18.2 Å². The zero-order chi connectivity index (χ0) is 22.9. The van der Waals surface area contributed by atoms with Gasteiger partial charge < -0.3 is 15.0 Å². The first-order valence-corrected chi connectivity index (χ1v) is 10.1. The van der Waals surface area contributed by atoms with E-state index < -0.39 is 10.8 Å². The van der Waals surface area contributed by atoms with Crippen LogP contribution in [-0.4, -0.2) is 29.9 Å². The number of ether oxygens (including phenoxy) is 1. The number of hydrogen-bond donors (Lipinski definition) is 1. The minimum atomic E-state index is -0.529. The van der Waals surface area contributed by atoms with Crippen LogP contribution in [-0.2, 0) is 16.0 Å². The van der Waals surface area contributed by atoms with Crippen LogP contribution in [0.25, 0.3) is 0 Å². The quantitative estimate of drug-likeness (QED) is 0.402. The fourth-order valence-electron chi connectivity index (χ4n) is 3.12. The maximum atomic E-state index is 12.7. The second-order valence-corrected chi connectivity index (χ2v) is 6.94. The Bertz CT molecular complexity index is 1080. The number of likely N-dealkylation sites (N-methyl/N-ethyl adjacent to an activating group) is 1. The molecule has 2 amide bonds. The second-order valence-electron chi connectivity index (χ2n) is 6.94. The first kappa shape index (κ1) is 22.5. The number of rotatable bonds is 9. The highest BCUT2D eigenvalue weighted by Gasteiger charge is 2.14. The molecular formula is C24H23N3O5. The Morgan fingerprint density at radius 3 is 2.38 bits per heavy atom. The molecule has 8 nitrogen and oxygen atoms in total. The van der Waals surface area contributed by atoms with E-state index in [4.69, 9.17) is 4.74 Å². The minimum Gasteiger partial charge on any atom is -0.484 e. The normalized spacial score (nSPS) is 10.3. The van der Waals surface area contributed by atoms with Crippen molar-refractivity contribution in [2.24, 2.45) is 0 Å². The van der Waals surface area contributed by atoms with E-state index in [-0.39, 0.29) is 30.4 Å². The summed E-state index contributed by atoms with van der Waals surface area (Å²) >= 11 is 0. The largest absolute Gasteiger partial charge is 0.484 e. The third-order valence-electron chi connectivity index (χ3n) is 4.68. The number of amides is 2. The summed E-state index contributed by atoms with van der Waals surface area (Å²) in [6.45, 7) is 2.21. The van der Waals surface area contributed by atoms with E-state index in [9.17, 15) is 19.7 Å². The van der Waals surface area contributed by atoms with Gasteiger partial charge in [0.25, 0.3) is 11.6 Å². The Kier molecular flexibility index (Phi) is 7.53. The molecule has 1 N–H and O–H groups in total. The van der Waals surface area contributed by atoms with Crippen molar-refractivity contribution in [2.75, 3.05) is 23.4 Å². The zero-order valence-corrected chi connectivity index (χ0v) is 17.6. The summed E-state index contributed by atoms with van der Waals surface area (Å²) in [6, 6.07) is 22.1. The molecule has 0 atom stereocenters. The van der Waals surface area contributed by atoms with E-state index in [0.29, 0.717) is 12.2 Å². The Morgan fingerprint density at radius 1 is 1.00 bits per heavy atom. The van der Waals surface area contributed by atoms with Crippen molar-refractivity contribution < 1.29 is 19.2 Å². The maximum absolute atomic E-state index is 12.7. The van der Waals surface area contributed by atoms with Gasteiger partial charge in [0, 0.05) is 24.0 Å². The molecular weight excluding hydrogens is 410 g/mol. The first-order chi connectivity index (χ1) is 15.5. The highest BCUT2D eigenvalue weighted by Crippen LogP contribution is 2.19. The van der Waals surface area contributed by atoms with Crippen molar-refractivity contribution in [1.82, 2.24) is 0 Å². The van der Waals surface area contributed by atoms with Gasteiger partial charge in [-0.05, 0) is 42.8 Å². The average molecular weight is 433 g/mol. The topological polar surface area (TPSA) is 102 Å². The molecule has 0 bridgehead atoms. The number of carbonyl (C=O) groups is 2. The standard InChI is InChI=1S/C24H23N3O5/c1-2-26(20-7-4-3-5-8-20)24(29)15-18-11-13-19(14-12-18)25-23(28)17-32-22-10-6-9-21(16-22)27(30)31/h3-14,16H,2,15,17H2,1H3,(H,25,28). The molecule has 0 aliphatic carbocycles. The van der Waals surface area contributed by atoms with E-state index in [0.717, 1.165) is 11.3 Å². The minimum absolute atomic E-state index is 0.0131. The average Bonchev–Trinajstić information content (AvgIpc) is 2.80. The first-order valence-electron chi connectivity index (χ1n) is 10.1. The summed E-state index contributed by atoms with van der Waals surface area (Å²) in [7, 11) is 0. The van der Waals surface area contributed by atoms with E-state index in [1.807, 2.05) is 37.3 Å². The number of anilines is 2. The predicted molar refractivity (Wildman–Crippen MR) is 122 cm³/mol. The van der Waals surface area contributed by atoms with Gasteiger partial charge in [-0.2, -0.15) is 0 Å². The lowest BCUT2D eigenvalue weighted by Crippen LogP contribution is -2.31. The molecule has 0 aliphatic heterocycles. The fourth-order valence-corrected chi connectivity index (χ4v) is 3.12. The highest BCUT2D eigenvalue weighted by molar-refractivity contribution is 5.95. The van der Waals surface area contributed by atoms with Crippen molar-refractivity contribution in [3.63, 3.8) is 0 Å². The Balaban J connectivity index is 1.53. The van der Waals surface area contributed by atoms with Gasteiger partial charge in [0.2, 0.25) is 5.91 Å². The van der Waals surface area contributed by atoms with Gasteiger partial charge in [-0.15, -0.1) is 0 Å². The number of para-hydroxylation sites is 1. The van der Waals surface area contributed by atoms with Crippen LogP contribution in [0.2, 0.25) is 0 Å². The smallest absolute Gasteiger partial charge is 0.273 e. The maximum Gasteiger partial charge on any atom is 0.273 e. The molecule has 0 aromatic heterocycles. The van der Waals surface area contributed by atoms with E-state index >= 15 is 0 Å². The number of nitro benzene ring substituents is 1. The molecule has 0 unspecified atom stereocenters. The molecule has 0 fully saturated rings. The Labute approximate surface area is 185 Å². The van der Waals surface area contributed by atoms with Crippen LogP contribution >= 0.6 is 0 Å². The van der Waals surface area contributed by atoms with Gasteiger partial charge in [-0.3, -0.25) is 19.7 Å². The second kappa shape index (κ2) is 10.7. The third kappa shape index (κ3) is 6.15. The highest BCUT2D eigenvalue weighted by atomic mass is 16.6. The van der Waals surface area contributed by atoms with Crippen molar-refractivity contribution >= 4 is 28.9 Å². The lowest BCUT2D eigenvalue weighted by atomic mass is 10.1. The summed E-state index contributed by atoms with van der Waals surface area (Å²) < 4.78 is 5.32. The van der Waals surface area contributed by atoms with Crippen molar-refractivity contribution in [2.45, 2.75) is 13.3 Å². The SMILES string of the molecule is CCN(C(=O)Cc1ccc(NC(=O)COc2cccc([N+](=O)[O-])c2)cc1)c1ccccc1. The molecule has 0 aliphatic rings. The monoisotopic (exact) mass is 433 g/mol. The molecule has 0 saturated heterocycles. The molecule has 32 heavy (non-hydrogen) atoms. The molecule has 3 rings (SSSR count). The molecule has 0 saturated carbocycles. The molecule has 0 spiro atoms. The lowest BCUT2D eigenvalue weighted by Gasteiger charge is -2.21. The predicted octanol–water partition coefficient (Wildman–Crippen LogP) is 4.21. The molecule has 8 heteroatoms. The van der Waals surface area contributed by atoms with Gasteiger partial charge in [-0.1, -0.05) is 36.4 Å². The summed E-state index contributed by atoms with van der Waals surface area (Å²) in [6.07, 6.45) is 0.243. The zero-order valence-electron chi connectivity index (χ0n) is 17.6. The summed E-state index contributed by atoms with van der Waals surface area (Å²) in [5, 5.41) is 13.5. The van der Waals surface area contributed by atoms with Crippen LogP contribution in [0.1, 0.15) is 12.5 Å². The van der Waals surface area contributed by atoms with Crippen LogP contribution in [0, 0.1) is 10.1 Å². The van der Waals surface area contributed by atoms with Crippen LogP contribution in [0.5, 0.6) is 5.75 Å². The van der Waals surface area contributed by atoms with Crippen LogP contribution in [0.3, 0.4) is 0 Å². The molecule has 3 aromatic rings. The third-order valence-corrected chi connectivity index (χ3v) is 4.68. The van der Waals surface area contributed by atoms with Gasteiger partial charge in [0.1, 0.15) is 5.75 Å². The molecule has 164 valence electrons. The summed E-state index contributed by atoms with van der Waals surface area (Å²) in [5.41, 5.74) is 2.13. The molecule has 0 heterocycles. The van der Waals surface area contributed by atoms with Crippen LogP contribution in [0.4, 0.5) is 17.1 Å². The van der Waals surface area contributed by atoms with Crippen molar-refractivity contribution in [3.8, 4) is 5.75 Å². The lowest BCUT2D eigenvalue weighted by molar-refractivity contribution is -0.384. The van der Waals surface area contributed by atoms with Crippen molar-refractivity contribution in [3.05, 3.63) is 94.5 Å². The Hall–Kier alpha value is -4.20. The van der Waals surface area contributed by atoms with Gasteiger partial charge >= 0.3 is 0 Å². The number of benzene rings is 3. The summed E-state index contributed by atoms with van der Waals surface area (Å²) in [4.78, 5) is 36.8. The Morgan fingerprint density at radius 2 is 1.72 bits per heavy atom. The van der Waals surface area contributed by atoms with E-state index in [1.54, 1.807) is 35.2 Å². The molecule has 0 radical (unpaired) electrons. The van der Waals surface area contributed by atoms with Gasteiger partial charge in [0.15, 0.2) is 6.61 Å². The number of nitrogens with one attached hydrogen (secondary N) is 1. The molecule has 3 aromatic carbocycles. The van der Waals surface area contributed by atoms with Crippen LogP contribution in [0.15, 0.2) is 78.9 Å². The summed E-state index contributed by atoms with van der Waals surface area (Å²) in [5.74, 6) is -0.176. The number of hydrogen-bond acceptors (Lipinski definition) is 5. The van der Waals surface area contributed by atoms with E-state index in [2.05, 4.69) is 5.32 Å². The van der Waals surface area contributed by atoms with Gasteiger partial charge in [-0.25, -0.2) is 0 Å². The number of nitro groups is 1. The number of carbonyl (C=O) groups excluding carboxylic acids is 2.